The number of ketones is 1. The van der Waals surface area contributed by atoms with Gasteiger partial charge in [0.15, 0.2) is 5.78 Å². The number of phenolic OH excluding ortho intramolecular Hbond substituents is 1. The van der Waals surface area contributed by atoms with Crippen LogP contribution in [-0.4, -0.2) is 39.2 Å². The Morgan fingerprint density at radius 3 is 2.38 bits per heavy atom. The van der Waals surface area contributed by atoms with Crippen LogP contribution in [0.4, 0.5) is 5.69 Å². The minimum Gasteiger partial charge on any atom is -0.294 e. The molecule has 2 aromatic carbocycles. The average molecular weight is 421 g/mol. The maximum Gasteiger partial charge on any atom is 0.163 e. The second-order valence-corrected chi connectivity index (χ2v) is 9.05. The number of hydrogen-bond acceptors (Lipinski definition) is 4. The molecule has 4 N–H and O–H groups in total. The van der Waals surface area contributed by atoms with Gasteiger partial charge in [0.05, 0.1) is 0 Å². The van der Waals surface area contributed by atoms with E-state index in [4.69, 9.17) is 8.19 Å². The van der Waals surface area contributed by atoms with Crippen LogP contribution in [0.1, 0.15) is 35.7 Å². The van der Waals surface area contributed by atoms with Gasteiger partial charge in [0.25, 0.3) is 0 Å². The van der Waals surface area contributed by atoms with E-state index in [0.717, 1.165) is 30.9 Å². The first-order valence-corrected chi connectivity index (χ1v) is 11.3. The Morgan fingerprint density at radius 1 is 1.08 bits per heavy atom. The number of Topliss-reactive ketones (excluding diaryl/α,β-unsaturated/α-hetero) is 1. The van der Waals surface area contributed by atoms with Crippen molar-refractivity contribution in [1.29, 1.82) is 0 Å². The zero-order valence-corrected chi connectivity index (χ0v) is 16.1. The molecule has 1 aliphatic carbocycles. The van der Waals surface area contributed by atoms with Crippen molar-refractivity contribution in [1.82, 2.24) is 0 Å². The summed E-state index contributed by atoms with van der Waals surface area (Å²) in [5, 5.41) is 11.6. The normalized spacial score (nSPS) is 13.3. The van der Waals surface area contributed by atoms with Crippen molar-refractivity contribution in [3.05, 3.63) is 53.6 Å². The van der Waals surface area contributed by atoms with Gasteiger partial charge >= 0.3 is 88.1 Å². The van der Waals surface area contributed by atoms with E-state index in [1.807, 2.05) is 24.3 Å². The predicted molar refractivity (Wildman–Crippen MR) is 96.6 cm³/mol. The Kier molecular flexibility index (Phi) is 6.42. The molecule has 0 spiro atoms. The number of anilines is 1. The second kappa shape index (κ2) is 8.36. The van der Waals surface area contributed by atoms with Gasteiger partial charge in [-0.25, -0.2) is 0 Å². The number of aryl methyl sites for hydroxylation is 1. The molecule has 3 rings (SSSR count). The van der Waals surface area contributed by atoms with Gasteiger partial charge in [-0.1, -0.05) is 24.3 Å². The Labute approximate surface area is 153 Å². The zero-order chi connectivity index (χ0) is 19.3. The molecule has 138 valence electrons. The Balaban J connectivity index is 0.000000195. The van der Waals surface area contributed by atoms with Gasteiger partial charge in [0, 0.05) is 12.0 Å². The molecule has 26 heavy (non-hydrogen) atoms. The maximum atomic E-state index is 11.3. The first kappa shape index (κ1) is 20.0. The maximum absolute atomic E-state index is 11.3. The second-order valence-electron chi connectivity index (χ2n) is 5.83. The Morgan fingerprint density at radius 2 is 1.77 bits per heavy atom. The Bertz CT molecular complexity index is 874. The van der Waals surface area contributed by atoms with Crippen molar-refractivity contribution in [2.45, 2.75) is 26.2 Å². The molecular formula is C18H20AsNO6. The van der Waals surface area contributed by atoms with Crippen LogP contribution in [-0.2, 0) is 15.0 Å². The summed E-state index contributed by atoms with van der Waals surface area (Å²) < 4.78 is 28.6. The number of hydrogen-bond donors (Lipinski definition) is 4. The number of carbonyl (C=O) groups is 2. The topological polar surface area (TPSA) is 124 Å². The van der Waals surface area contributed by atoms with E-state index in [1.54, 1.807) is 0 Å². The van der Waals surface area contributed by atoms with Crippen LogP contribution < -0.4 is 9.67 Å². The number of nitrogens with one attached hydrogen (secondary N) is 1. The number of phenols is 1. The number of rotatable bonds is 2. The van der Waals surface area contributed by atoms with Gasteiger partial charge in [-0.05, 0) is 18.4 Å². The van der Waals surface area contributed by atoms with Crippen molar-refractivity contribution in [2.75, 3.05) is 5.32 Å². The monoisotopic (exact) mass is 421 g/mol. The fourth-order valence-corrected chi connectivity index (χ4v) is 4.43. The summed E-state index contributed by atoms with van der Waals surface area (Å²) in [5.74, 6) is -0.675. The van der Waals surface area contributed by atoms with E-state index in [0.29, 0.717) is 5.78 Å². The summed E-state index contributed by atoms with van der Waals surface area (Å²) in [6.07, 6.45) is 2.83. The largest absolute Gasteiger partial charge is 0.294 e. The SMILES string of the molecule is CC(=O)Nc1cccc(O)c1[As](=O)(O)O.O=C1CCCc2ccccc21. The van der Waals surface area contributed by atoms with Crippen molar-refractivity contribution >= 4 is 35.9 Å². The number of fused-ring (bicyclic) bond motifs is 1. The first-order valence-electron chi connectivity index (χ1n) is 7.97. The molecule has 7 nitrogen and oxygen atoms in total. The van der Waals surface area contributed by atoms with Gasteiger partial charge in [-0.2, -0.15) is 0 Å². The molecule has 0 unspecified atom stereocenters. The van der Waals surface area contributed by atoms with E-state index in [1.165, 1.54) is 24.6 Å². The van der Waals surface area contributed by atoms with Crippen LogP contribution in [0.15, 0.2) is 42.5 Å². The zero-order valence-electron chi connectivity index (χ0n) is 14.2. The molecule has 1 aliphatic rings. The molecule has 0 heterocycles. The van der Waals surface area contributed by atoms with Crippen LogP contribution in [0.2, 0.25) is 0 Å². The summed E-state index contributed by atoms with van der Waals surface area (Å²) in [5.41, 5.74) is 2.11. The average Bonchev–Trinajstić information content (AvgIpc) is 2.54. The fourth-order valence-electron chi connectivity index (χ4n) is 2.71. The third-order valence-electron chi connectivity index (χ3n) is 3.78. The minimum absolute atomic E-state index is 0.0602. The fraction of sp³-hybridized carbons (Fsp3) is 0.222. The van der Waals surface area contributed by atoms with E-state index >= 15 is 0 Å². The van der Waals surface area contributed by atoms with Crippen LogP contribution in [0.3, 0.4) is 0 Å². The molecule has 0 aliphatic heterocycles. The molecule has 0 atom stereocenters. The third kappa shape index (κ3) is 5.08. The molecule has 0 fully saturated rings. The smallest absolute Gasteiger partial charge is 0.163 e. The van der Waals surface area contributed by atoms with Crippen molar-refractivity contribution in [2.24, 2.45) is 0 Å². The molecule has 0 radical (unpaired) electrons. The van der Waals surface area contributed by atoms with E-state index < -0.39 is 30.2 Å². The molecule has 8 heteroatoms. The van der Waals surface area contributed by atoms with Crippen molar-refractivity contribution in [3.8, 4) is 5.75 Å². The summed E-state index contributed by atoms with van der Waals surface area (Å²) in [6.45, 7) is 1.21. The Hall–Kier alpha value is -2.34. The molecular weight excluding hydrogens is 401 g/mol. The van der Waals surface area contributed by atoms with Gasteiger partial charge in [-0.15, -0.1) is 0 Å². The van der Waals surface area contributed by atoms with Gasteiger partial charge in [0.1, 0.15) is 0 Å². The number of aromatic hydroxyl groups is 1. The van der Waals surface area contributed by atoms with E-state index in [2.05, 4.69) is 5.32 Å². The molecule has 0 saturated heterocycles. The van der Waals surface area contributed by atoms with Crippen LogP contribution in [0.25, 0.3) is 0 Å². The molecule has 2 aromatic rings. The van der Waals surface area contributed by atoms with Gasteiger partial charge in [-0.3, -0.25) is 4.79 Å². The summed E-state index contributed by atoms with van der Waals surface area (Å²) in [7, 11) is 0. The van der Waals surface area contributed by atoms with E-state index in [-0.39, 0.29) is 5.69 Å². The van der Waals surface area contributed by atoms with Crippen LogP contribution in [0, 0.1) is 0 Å². The molecule has 0 aromatic heterocycles. The quantitative estimate of drug-likeness (QED) is 0.539. The van der Waals surface area contributed by atoms with Gasteiger partial charge in [0.2, 0.25) is 0 Å². The van der Waals surface area contributed by atoms with Crippen LogP contribution in [0.5, 0.6) is 5.75 Å². The summed E-state index contributed by atoms with van der Waals surface area (Å²) in [6, 6.07) is 11.8. The number of carbonyl (C=O) groups excluding carboxylic acids is 2. The van der Waals surface area contributed by atoms with Crippen LogP contribution >= 0.6 is 0 Å². The van der Waals surface area contributed by atoms with Crippen molar-refractivity contribution in [3.63, 3.8) is 0 Å². The van der Waals surface area contributed by atoms with Crippen molar-refractivity contribution < 1.29 is 26.6 Å². The summed E-state index contributed by atoms with van der Waals surface area (Å²) >= 11 is -5.25. The standard InChI is InChI=1S/C10H10O.C8H10AsNO5/c11-10-7-3-5-8-4-1-2-6-9(8)10;1-5(11)10-6-3-2-4-7(12)8(6)9(13,14)15/h1-2,4,6H,3,5,7H2;2-4,12H,1H3,(H,10,11)(H2,13,14,15). The number of amides is 1. The first-order chi connectivity index (χ1) is 12.2. The molecule has 1 amide bonds. The van der Waals surface area contributed by atoms with Gasteiger partial charge < -0.3 is 0 Å². The third-order valence-corrected chi connectivity index (χ3v) is 5.99. The van der Waals surface area contributed by atoms with E-state index in [9.17, 15) is 18.4 Å². The number of benzene rings is 2. The minimum atomic E-state index is -5.25. The molecule has 0 saturated carbocycles. The predicted octanol–water partition coefficient (Wildman–Crippen LogP) is 1.12. The summed E-state index contributed by atoms with van der Waals surface area (Å²) in [4.78, 5) is 22.1. The molecule has 0 bridgehead atoms.